The Morgan fingerprint density at radius 3 is 2.21 bits per heavy atom. The third kappa shape index (κ3) is 5.41. The van der Waals surface area contributed by atoms with Crippen LogP contribution in [0.1, 0.15) is 45.1 Å². The van der Waals surface area contributed by atoms with Gasteiger partial charge in [-0.1, -0.05) is 0 Å². The van der Waals surface area contributed by atoms with Crippen LogP contribution >= 0.6 is 0 Å². The van der Waals surface area contributed by atoms with Gasteiger partial charge in [0.2, 0.25) is 5.91 Å². The van der Waals surface area contributed by atoms with E-state index in [0.29, 0.717) is 11.7 Å². The number of nitrogens with zero attached hydrogens (tertiary/aromatic N) is 2. The molecule has 0 aromatic heterocycles. The van der Waals surface area contributed by atoms with Gasteiger partial charge in [0.25, 0.3) is 0 Å². The number of carbonyl (C=O) groups excluding carboxylic acids is 1. The first-order valence-electron chi connectivity index (χ1n) is 10.3. The minimum atomic E-state index is -4.69. The first-order valence-corrected chi connectivity index (χ1v) is 10.3. The molecule has 8 heteroatoms. The molecule has 1 amide bonds. The third-order valence-corrected chi connectivity index (χ3v) is 6.08. The van der Waals surface area contributed by atoms with Crippen molar-refractivity contribution in [2.24, 2.45) is 5.92 Å². The van der Waals surface area contributed by atoms with E-state index in [-0.39, 0.29) is 17.9 Å². The van der Waals surface area contributed by atoms with E-state index >= 15 is 0 Å². The molecule has 162 valence electrons. The van der Waals surface area contributed by atoms with Gasteiger partial charge >= 0.3 is 6.18 Å². The van der Waals surface area contributed by atoms with E-state index in [1.165, 1.54) is 6.07 Å². The summed E-state index contributed by atoms with van der Waals surface area (Å²) in [6.07, 6.45) is -1.73. The van der Waals surface area contributed by atoms with Gasteiger partial charge in [0.1, 0.15) is 5.82 Å². The fourth-order valence-corrected chi connectivity index (χ4v) is 4.27. The van der Waals surface area contributed by atoms with Crippen molar-refractivity contribution in [3.8, 4) is 0 Å². The summed E-state index contributed by atoms with van der Waals surface area (Å²) < 4.78 is 51.8. The van der Waals surface area contributed by atoms with E-state index in [1.54, 1.807) is 0 Å². The highest BCUT2D eigenvalue weighted by molar-refractivity contribution is 5.79. The van der Waals surface area contributed by atoms with Crippen molar-refractivity contribution in [2.75, 3.05) is 31.5 Å². The van der Waals surface area contributed by atoms with Crippen LogP contribution in [-0.2, 0) is 11.0 Å². The van der Waals surface area contributed by atoms with Crippen molar-refractivity contribution >= 4 is 11.6 Å². The van der Waals surface area contributed by atoms with Crippen molar-refractivity contribution in [3.63, 3.8) is 0 Å². The maximum Gasteiger partial charge on any atom is 0.419 e. The Bertz CT molecular complexity index is 706. The van der Waals surface area contributed by atoms with Crippen LogP contribution < -0.4 is 5.32 Å². The second-order valence-corrected chi connectivity index (χ2v) is 8.34. The van der Waals surface area contributed by atoms with Crippen LogP contribution in [0.5, 0.6) is 0 Å². The lowest BCUT2D eigenvalue weighted by Crippen LogP contribution is -2.52. The number of benzene rings is 1. The van der Waals surface area contributed by atoms with Gasteiger partial charge in [0, 0.05) is 49.9 Å². The molecule has 2 aliphatic rings. The summed E-state index contributed by atoms with van der Waals surface area (Å²) in [4.78, 5) is 17.1. The molecule has 4 nitrogen and oxygen atoms in total. The number of rotatable bonds is 4. The number of carbonyl (C=O) groups is 1. The predicted molar refractivity (Wildman–Crippen MR) is 104 cm³/mol. The van der Waals surface area contributed by atoms with E-state index in [9.17, 15) is 22.4 Å². The predicted octanol–water partition coefficient (Wildman–Crippen LogP) is 4.37. The van der Waals surface area contributed by atoms with Gasteiger partial charge in [-0.2, -0.15) is 13.2 Å². The smallest absolute Gasteiger partial charge is 0.382 e. The fraction of sp³-hybridized carbons (Fsp3) is 0.667. The molecule has 0 spiro atoms. The average Bonchev–Trinajstić information content (AvgIpc) is 2.67. The number of amides is 1. The summed E-state index contributed by atoms with van der Waals surface area (Å²) >= 11 is 0. The zero-order valence-electron chi connectivity index (χ0n) is 16.9. The SMILES string of the molecule is CC(C)N1CCN(C(=O)[C@H]2CC[C@H](Nc3ccc(C(F)(F)F)c(F)c3)CC2)CC1. The molecule has 2 fully saturated rings. The zero-order chi connectivity index (χ0) is 21.2. The molecule has 29 heavy (non-hydrogen) atoms. The van der Waals surface area contributed by atoms with Crippen LogP contribution in [0.15, 0.2) is 18.2 Å². The maximum absolute atomic E-state index is 13.7. The molecule has 0 unspecified atom stereocenters. The number of halogens is 4. The molecule has 1 aromatic carbocycles. The average molecular weight is 415 g/mol. The Morgan fingerprint density at radius 1 is 1.07 bits per heavy atom. The lowest BCUT2D eigenvalue weighted by molar-refractivity contribution is -0.140. The number of hydrogen-bond donors (Lipinski definition) is 1. The van der Waals surface area contributed by atoms with E-state index in [0.717, 1.165) is 64.0 Å². The van der Waals surface area contributed by atoms with Gasteiger partial charge < -0.3 is 10.2 Å². The van der Waals surface area contributed by atoms with E-state index in [1.807, 2.05) is 4.90 Å². The molecule has 3 rings (SSSR count). The molecular formula is C21H29F4N3O. The van der Waals surface area contributed by atoms with Crippen molar-refractivity contribution < 1.29 is 22.4 Å². The van der Waals surface area contributed by atoms with Crippen LogP contribution in [-0.4, -0.2) is 54.0 Å². The summed E-state index contributed by atoms with van der Waals surface area (Å²) in [6, 6.07) is 3.45. The number of piperazine rings is 1. The lowest BCUT2D eigenvalue weighted by Gasteiger charge is -2.39. The molecular weight excluding hydrogens is 386 g/mol. The highest BCUT2D eigenvalue weighted by Gasteiger charge is 2.34. The second kappa shape index (κ2) is 8.90. The Morgan fingerprint density at radius 2 is 1.69 bits per heavy atom. The first-order chi connectivity index (χ1) is 13.6. The van der Waals surface area contributed by atoms with Crippen LogP contribution in [0.2, 0.25) is 0 Å². The zero-order valence-corrected chi connectivity index (χ0v) is 16.9. The van der Waals surface area contributed by atoms with Crippen molar-refractivity contribution in [2.45, 2.75) is 57.8 Å². The molecule has 0 radical (unpaired) electrons. The Labute approximate surface area is 169 Å². The molecule has 1 aliphatic carbocycles. The number of hydrogen-bond acceptors (Lipinski definition) is 3. The number of alkyl halides is 3. The maximum atomic E-state index is 13.7. The van der Waals surface area contributed by atoms with Gasteiger partial charge in [-0.15, -0.1) is 0 Å². The summed E-state index contributed by atoms with van der Waals surface area (Å²) in [6.45, 7) is 7.65. The van der Waals surface area contributed by atoms with E-state index < -0.39 is 17.6 Å². The number of anilines is 1. The summed E-state index contributed by atoms with van der Waals surface area (Å²) in [5, 5.41) is 3.12. The second-order valence-electron chi connectivity index (χ2n) is 8.34. The summed E-state index contributed by atoms with van der Waals surface area (Å²) in [7, 11) is 0. The normalized spacial score (nSPS) is 24.0. The lowest BCUT2D eigenvalue weighted by atomic mass is 9.85. The molecule has 0 atom stereocenters. The highest BCUT2D eigenvalue weighted by Crippen LogP contribution is 2.33. The Balaban J connectivity index is 1.48. The molecule has 1 aliphatic heterocycles. The number of nitrogens with one attached hydrogen (secondary N) is 1. The topological polar surface area (TPSA) is 35.6 Å². The molecule has 1 aromatic rings. The van der Waals surface area contributed by atoms with Crippen molar-refractivity contribution in [1.29, 1.82) is 0 Å². The van der Waals surface area contributed by atoms with Crippen molar-refractivity contribution in [3.05, 3.63) is 29.6 Å². The summed E-state index contributed by atoms with van der Waals surface area (Å²) in [5.74, 6) is -1.05. The first kappa shape index (κ1) is 21.9. The van der Waals surface area contributed by atoms with Crippen LogP contribution in [0.3, 0.4) is 0 Å². The molecule has 1 heterocycles. The standard InChI is InChI=1S/C21H29F4N3O/c1-14(2)27-9-11-28(12-10-27)20(29)15-3-5-16(6-4-15)26-17-7-8-18(19(22)13-17)21(23,24)25/h7-8,13-16,26H,3-6,9-12H2,1-2H3/t15-,16-. The van der Waals surface area contributed by atoms with Gasteiger partial charge in [0.15, 0.2) is 0 Å². The van der Waals surface area contributed by atoms with Crippen molar-refractivity contribution in [1.82, 2.24) is 9.80 Å². The van der Waals surface area contributed by atoms with Gasteiger partial charge in [-0.05, 0) is 57.7 Å². The van der Waals surface area contributed by atoms with Crippen LogP contribution in [0.25, 0.3) is 0 Å². The Hall–Kier alpha value is -1.83. The third-order valence-electron chi connectivity index (χ3n) is 6.08. The molecule has 0 bridgehead atoms. The minimum Gasteiger partial charge on any atom is -0.382 e. The minimum absolute atomic E-state index is 0.00277. The molecule has 1 saturated heterocycles. The van der Waals surface area contributed by atoms with Crippen LogP contribution in [0, 0.1) is 11.7 Å². The van der Waals surface area contributed by atoms with Crippen LogP contribution in [0.4, 0.5) is 23.2 Å². The van der Waals surface area contributed by atoms with E-state index in [2.05, 4.69) is 24.1 Å². The molecule has 1 saturated carbocycles. The van der Waals surface area contributed by atoms with Gasteiger partial charge in [0.05, 0.1) is 5.56 Å². The van der Waals surface area contributed by atoms with Gasteiger partial charge in [-0.3, -0.25) is 9.69 Å². The quantitative estimate of drug-likeness (QED) is 0.742. The monoisotopic (exact) mass is 415 g/mol. The summed E-state index contributed by atoms with van der Waals surface area (Å²) in [5.41, 5.74) is -0.912. The van der Waals surface area contributed by atoms with E-state index in [4.69, 9.17) is 0 Å². The highest BCUT2D eigenvalue weighted by atomic mass is 19.4. The molecule has 1 N–H and O–H groups in total. The fourth-order valence-electron chi connectivity index (χ4n) is 4.27. The van der Waals surface area contributed by atoms with Gasteiger partial charge in [-0.25, -0.2) is 4.39 Å². The Kier molecular flexibility index (Phi) is 6.71. The largest absolute Gasteiger partial charge is 0.419 e.